The minimum atomic E-state index is -1.51. The largest absolute Gasteiger partial charge is 0.469 e. The lowest BCUT2D eigenvalue weighted by atomic mass is 9.70. The second-order valence-corrected chi connectivity index (χ2v) is 4.77. The first-order valence-corrected chi connectivity index (χ1v) is 6.74. The maximum absolute atomic E-state index is 12.4. The smallest absolute Gasteiger partial charge is 0.327 e. The third kappa shape index (κ3) is 3.60. The standard InChI is InChI=1S/C16H19NO4/c1-4-8-16(11-17,15(19)20-5-2)13(10-12(3)18)14-7-6-9-21-14/h4,6-7,9,13H,1,5,8,10H2,2-3H3. The summed E-state index contributed by atoms with van der Waals surface area (Å²) in [6.45, 7) is 6.84. The zero-order valence-electron chi connectivity index (χ0n) is 12.3. The first-order valence-electron chi connectivity index (χ1n) is 6.74. The quantitative estimate of drug-likeness (QED) is 0.543. The molecule has 0 radical (unpaired) electrons. The van der Waals surface area contributed by atoms with Crippen molar-refractivity contribution in [3.63, 3.8) is 0 Å². The molecule has 2 atom stereocenters. The number of nitrogens with zero attached hydrogens (tertiary/aromatic N) is 1. The van der Waals surface area contributed by atoms with Crippen molar-refractivity contribution in [1.29, 1.82) is 5.26 Å². The summed E-state index contributed by atoms with van der Waals surface area (Å²) in [5.74, 6) is -1.08. The van der Waals surface area contributed by atoms with Gasteiger partial charge in [0.2, 0.25) is 0 Å². The molecule has 2 unspecified atom stereocenters. The molecule has 1 heterocycles. The molecular formula is C16H19NO4. The molecule has 21 heavy (non-hydrogen) atoms. The summed E-state index contributed by atoms with van der Waals surface area (Å²) in [5, 5.41) is 9.64. The van der Waals surface area contributed by atoms with Crippen molar-refractivity contribution in [1.82, 2.24) is 0 Å². The fraction of sp³-hybridized carbons (Fsp3) is 0.438. The normalized spacial score (nSPS) is 14.5. The molecule has 0 aliphatic carbocycles. The van der Waals surface area contributed by atoms with Crippen LogP contribution in [-0.4, -0.2) is 18.4 Å². The van der Waals surface area contributed by atoms with Gasteiger partial charge in [0.15, 0.2) is 5.41 Å². The van der Waals surface area contributed by atoms with Gasteiger partial charge in [-0.05, 0) is 32.4 Å². The molecule has 0 aliphatic rings. The van der Waals surface area contributed by atoms with E-state index in [1.54, 1.807) is 19.1 Å². The number of esters is 1. The van der Waals surface area contributed by atoms with Gasteiger partial charge in [0.25, 0.3) is 0 Å². The van der Waals surface area contributed by atoms with Crippen LogP contribution in [0, 0.1) is 16.7 Å². The van der Waals surface area contributed by atoms with Gasteiger partial charge in [0.05, 0.1) is 24.9 Å². The van der Waals surface area contributed by atoms with Gasteiger partial charge in [-0.2, -0.15) is 5.26 Å². The Morgan fingerprint density at radius 3 is 2.76 bits per heavy atom. The van der Waals surface area contributed by atoms with Crippen molar-refractivity contribution in [3.8, 4) is 6.07 Å². The fourth-order valence-corrected chi connectivity index (χ4v) is 2.32. The third-order valence-corrected chi connectivity index (χ3v) is 3.28. The SMILES string of the molecule is C=CCC(C#N)(C(=O)OCC)C(CC(C)=O)c1ccco1. The predicted octanol–water partition coefficient (Wildman–Crippen LogP) is 2.99. The first kappa shape index (κ1) is 16.7. The van der Waals surface area contributed by atoms with Gasteiger partial charge in [0.1, 0.15) is 11.5 Å². The van der Waals surface area contributed by atoms with Gasteiger partial charge in [-0.15, -0.1) is 6.58 Å². The molecule has 5 heteroatoms. The van der Waals surface area contributed by atoms with Gasteiger partial charge in [-0.1, -0.05) is 6.08 Å². The molecule has 1 aromatic heterocycles. The number of nitriles is 1. The lowest BCUT2D eigenvalue weighted by molar-refractivity contribution is -0.153. The van der Waals surface area contributed by atoms with Crippen LogP contribution < -0.4 is 0 Å². The number of allylic oxidation sites excluding steroid dienone is 1. The van der Waals surface area contributed by atoms with Crippen molar-refractivity contribution in [3.05, 3.63) is 36.8 Å². The topological polar surface area (TPSA) is 80.3 Å². The number of hydrogen-bond acceptors (Lipinski definition) is 5. The van der Waals surface area contributed by atoms with E-state index in [-0.39, 0.29) is 25.2 Å². The van der Waals surface area contributed by atoms with Gasteiger partial charge in [-0.3, -0.25) is 4.79 Å². The van der Waals surface area contributed by atoms with Crippen LogP contribution in [0.5, 0.6) is 0 Å². The van der Waals surface area contributed by atoms with Crippen LogP contribution in [0.4, 0.5) is 0 Å². The fourth-order valence-electron chi connectivity index (χ4n) is 2.32. The Balaban J connectivity index is 3.35. The van der Waals surface area contributed by atoms with Crippen LogP contribution >= 0.6 is 0 Å². The van der Waals surface area contributed by atoms with E-state index in [1.165, 1.54) is 19.3 Å². The van der Waals surface area contributed by atoms with Crippen molar-refractivity contribution in [2.75, 3.05) is 6.61 Å². The second kappa shape index (κ2) is 7.44. The summed E-state index contributed by atoms with van der Waals surface area (Å²) in [6, 6.07) is 5.35. The number of furan rings is 1. The minimum Gasteiger partial charge on any atom is -0.469 e. The highest BCUT2D eigenvalue weighted by Crippen LogP contribution is 2.43. The molecule has 0 aromatic carbocycles. The van der Waals surface area contributed by atoms with Gasteiger partial charge in [0, 0.05) is 6.42 Å². The van der Waals surface area contributed by atoms with Crippen LogP contribution in [0.25, 0.3) is 0 Å². The molecule has 0 aliphatic heterocycles. The molecule has 0 N–H and O–H groups in total. The van der Waals surface area contributed by atoms with E-state index >= 15 is 0 Å². The lowest BCUT2D eigenvalue weighted by Crippen LogP contribution is -2.38. The maximum atomic E-state index is 12.4. The van der Waals surface area contributed by atoms with Gasteiger partial charge in [-0.25, -0.2) is 0 Å². The Morgan fingerprint density at radius 1 is 1.62 bits per heavy atom. The van der Waals surface area contributed by atoms with Crippen molar-refractivity contribution in [2.45, 2.75) is 32.6 Å². The average molecular weight is 289 g/mol. The summed E-state index contributed by atoms with van der Waals surface area (Å²) < 4.78 is 10.4. The van der Waals surface area contributed by atoms with E-state index in [0.717, 1.165) is 0 Å². The minimum absolute atomic E-state index is 0.0216. The first-order chi connectivity index (χ1) is 10.0. The van der Waals surface area contributed by atoms with Crippen LogP contribution in [0.15, 0.2) is 35.5 Å². The summed E-state index contributed by atoms with van der Waals surface area (Å²) >= 11 is 0. The monoisotopic (exact) mass is 289 g/mol. The maximum Gasteiger partial charge on any atom is 0.327 e. The van der Waals surface area contributed by atoms with Gasteiger partial charge >= 0.3 is 5.97 Å². The number of carbonyl (C=O) groups excluding carboxylic acids is 2. The number of hydrogen-bond donors (Lipinski definition) is 0. The van der Waals surface area contributed by atoms with E-state index in [9.17, 15) is 14.9 Å². The Hall–Kier alpha value is -2.35. The van der Waals surface area contributed by atoms with Crippen LogP contribution in [0.1, 0.15) is 38.4 Å². The highest BCUT2D eigenvalue weighted by Gasteiger charge is 2.49. The number of rotatable bonds is 8. The second-order valence-electron chi connectivity index (χ2n) is 4.77. The number of ketones is 1. The molecule has 0 amide bonds. The molecule has 5 nitrogen and oxygen atoms in total. The highest BCUT2D eigenvalue weighted by molar-refractivity contribution is 5.84. The molecule has 0 saturated carbocycles. The van der Waals surface area contributed by atoms with E-state index in [4.69, 9.17) is 9.15 Å². The summed E-state index contributed by atoms with van der Waals surface area (Å²) in [4.78, 5) is 23.9. The van der Waals surface area contributed by atoms with E-state index < -0.39 is 17.3 Å². The Kier molecular flexibility index (Phi) is 5.92. The number of Topliss-reactive ketones (excluding diaryl/α,β-unsaturated/α-hetero) is 1. The average Bonchev–Trinajstić information content (AvgIpc) is 2.96. The van der Waals surface area contributed by atoms with Crippen molar-refractivity contribution < 1.29 is 18.7 Å². The Morgan fingerprint density at radius 2 is 2.33 bits per heavy atom. The third-order valence-electron chi connectivity index (χ3n) is 3.28. The molecule has 1 rings (SSSR count). The van der Waals surface area contributed by atoms with Gasteiger partial charge < -0.3 is 13.9 Å². The van der Waals surface area contributed by atoms with E-state index in [1.807, 2.05) is 6.07 Å². The molecule has 0 bridgehead atoms. The van der Waals surface area contributed by atoms with Crippen molar-refractivity contribution >= 4 is 11.8 Å². The molecule has 112 valence electrons. The molecule has 1 aromatic rings. The summed E-state index contributed by atoms with van der Waals surface area (Å²) in [7, 11) is 0. The van der Waals surface area contributed by atoms with Crippen molar-refractivity contribution in [2.24, 2.45) is 5.41 Å². The lowest BCUT2D eigenvalue weighted by Gasteiger charge is -2.30. The van der Waals surface area contributed by atoms with Crippen LogP contribution in [0.2, 0.25) is 0 Å². The summed E-state index contributed by atoms with van der Waals surface area (Å²) in [6.07, 6.45) is 3.04. The van der Waals surface area contributed by atoms with E-state index in [2.05, 4.69) is 6.58 Å². The summed E-state index contributed by atoms with van der Waals surface area (Å²) in [5.41, 5.74) is -1.51. The Bertz CT molecular complexity index is 541. The number of ether oxygens (including phenoxy) is 1. The van der Waals surface area contributed by atoms with Crippen LogP contribution in [-0.2, 0) is 14.3 Å². The van der Waals surface area contributed by atoms with E-state index in [0.29, 0.717) is 5.76 Å². The Labute approximate surface area is 124 Å². The zero-order valence-corrected chi connectivity index (χ0v) is 12.3. The zero-order chi connectivity index (χ0) is 15.9. The molecule has 0 fully saturated rings. The molecular weight excluding hydrogens is 270 g/mol. The molecule has 0 saturated heterocycles. The van der Waals surface area contributed by atoms with Crippen LogP contribution in [0.3, 0.4) is 0 Å². The highest BCUT2D eigenvalue weighted by atomic mass is 16.5. The predicted molar refractivity (Wildman–Crippen MR) is 76.2 cm³/mol. The molecule has 0 spiro atoms. The number of carbonyl (C=O) groups is 2.